The minimum Gasteiger partial charge on any atom is -0.505 e. The van der Waals surface area contributed by atoms with E-state index in [9.17, 15) is 5.11 Å². The van der Waals surface area contributed by atoms with E-state index >= 15 is 0 Å². The van der Waals surface area contributed by atoms with E-state index in [0.717, 1.165) is 0 Å². The lowest BCUT2D eigenvalue weighted by molar-refractivity contribution is 0.00578. The van der Waals surface area contributed by atoms with Crippen LogP contribution < -0.4 is 5.59 Å². The summed E-state index contributed by atoms with van der Waals surface area (Å²) in [6.45, 7) is 7.87. The number of aromatic hydroxyl groups is 1. The van der Waals surface area contributed by atoms with E-state index in [2.05, 4.69) is 4.98 Å². The van der Waals surface area contributed by atoms with Crippen molar-refractivity contribution in [2.75, 3.05) is 0 Å². The molecular weight excluding hydrogens is 240 g/mol. The van der Waals surface area contributed by atoms with Gasteiger partial charge < -0.3 is 14.4 Å². The van der Waals surface area contributed by atoms with Crippen molar-refractivity contribution in [3.05, 3.63) is 17.3 Å². The van der Waals surface area contributed by atoms with Gasteiger partial charge in [-0.05, 0) is 33.8 Å². The summed E-state index contributed by atoms with van der Waals surface area (Å²) in [6.07, 6.45) is 1.29. The number of hydrogen-bond donors (Lipinski definition) is 1. The molecule has 1 aliphatic heterocycles. The Labute approximate surface area is 106 Å². The largest absolute Gasteiger partial charge is 0.514 e. The van der Waals surface area contributed by atoms with E-state index in [4.69, 9.17) is 20.9 Å². The Morgan fingerprint density at radius 3 is 2.24 bits per heavy atom. The van der Waals surface area contributed by atoms with Gasteiger partial charge in [0.25, 0.3) is 0 Å². The fourth-order valence-corrected chi connectivity index (χ4v) is 1.69. The second-order valence-electron chi connectivity index (χ2n) is 5.15. The zero-order chi connectivity index (χ0) is 12.8. The quantitative estimate of drug-likeness (QED) is 0.777. The molecule has 1 fully saturated rings. The fraction of sp³-hybridized carbons (Fsp3) is 0.545. The van der Waals surface area contributed by atoms with Crippen molar-refractivity contribution in [1.82, 2.24) is 4.98 Å². The van der Waals surface area contributed by atoms with Crippen LogP contribution in [0.15, 0.2) is 12.3 Å². The molecule has 1 N–H and O–H groups in total. The second-order valence-corrected chi connectivity index (χ2v) is 5.56. The van der Waals surface area contributed by atoms with Gasteiger partial charge in [0.05, 0.1) is 28.0 Å². The highest BCUT2D eigenvalue weighted by Crippen LogP contribution is 2.36. The average Bonchev–Trinajstić information content (AvgIpc) is 2.41. The van der Waals surface area contributed by atoms with E-state index in [-0.39, 0.29) is 10.8 Å². The topological polar surface area (TPSA) is 51.6 Å². The summed E-state index contributed by atoms with van der Waals surface area (Å²) in [6, 6.07) is 1.55. The Kier molecular flexibility index (Phi) is 2.88. The zero-order valence-electron chi connectivity index (χ0n) is 10.3. The molecular formula is C11H15BClNO3. The normalized spacial score (nSPS) is 21.8. The number of hydrogen-bond acceptors (Lipinski definition) is 4. The third-order valence-electron chi connectivity index (χ3n) is 3.35. The van der Waals surface area contributed by atoms with Gasteiger partial charge in [0.2, 0.25) is 0 Å². The molecule has 1 saturated heterocycles. The number of pyridine rings is 1. The van der Waals surface area contributed by atoms with Crippen molar-refractivity contribution in [3.63, 3.8) is 0 Å². The van der Waals surface area contributed by atoms with Crippen LogP contribution in [0.2, 0.25) is 5.02 Å². The maximum Gasteiger partial charge on any atom is 0.514 e. The molecule has 0 bridgehead atoms. The van der Waals surface area contributed by atoms with Gasteiger partial charge in [0.1, 0.15) is 0 Å². The summed E-state index contributed by atoms with van der Waals surface area (Å²) in [5.74, 6) is -0.0491. The smallest absolute Gasteiger partial charge is 0.505 e. The van der Waals surface area contributed by atoms with Gasteiger partial charge in [0.15, 0.2) is 5.75 Å². The van der Waals surface area contributed by atoms with Gasteiger partial charge in [-0.15, -0.1) is 0 Å². The van der Waals surface area contributed by atoms with Gasteiger partial charge in [-0.25, -0.2) is 0 Å². The summed E-state index contributed by atoms with van der Waals surface area (Å²) >= 11 is 5.83. The number of halogens is 1. The molecule has 1 aliphatic rings. The molecule has 1 aromatic heterocycles. The maximum atomic E-state index is 9.32. The highest BCUT2D eigenvalue weighted by atomic mass is 35.5. The lowest BCUT2D eigenvalue weighted by Crippen LogP contribution is -2.41. The molecule has 1 aromatic rings. The maximum absolute atomic E-state index is 9.32. The molecule has 6 heteroatoms. The first kappa shape index (κ1) is 12.7. The predicted molar refractivity (Wildman–Crippen MR) is 66.6 cm³/mol. The van der Waals surface area contributed by atoms with Crippen molar-refractivity contribution in [2.24, 2.45) is 0 Å². The molecule has 92 valence electrons. The molecule has 2 heterocycles. The van der Waals surface area contributed by atoms with Crippen LogP contribution in [0.1, 0.15) is 27.7 Å². The van der Waals surface area contributed by atoms with Gasteiger partial charge in [-0.3, -0.25) is 4.98 Å². The summed E-state index contributed by atoms with van der Waals surface area (Å²) < 4.78 is 11.6. The first-order chi connectivity index (χ1) is 7.73. The van der Waals surface area contributed by atoms with E-state index < -0.39 is 18.3 Å². The van der Waals surface area contributed by atoms with Crippen molar-refractivity contribution < 1.29 is 14.4 Å². The first-order valence-corrected chi connectivity index (χ1v) is 5.81. The molecule has 0 unspecified atom stereocenters. The first-order valence-electron chi connectivity index (χ1n) is 5.43. The predicted octanol–water partition coefficient (Wildman–Crippen LogP) is 1.74. The van der Waals surface area contributed by atoms with Crippen LogP contribution in [0.3, 0.4) is 0 Å². The van der Waals surface area contributed by atoms with Gasteiger partial charge in [-0.2, -0.15) is 0 Å². The van der Waals surface area contributed by atoms with Crippen LogP contribution in [0.4, 0.5) is 0 Å². The summed E-state index contributed by atoms with van der Waals surface area (Å²) in [5.41, 5.74) is -0.264. The Bertz CT molecular complexity index is 434. The Morgan fingerprint density at radius 1 is 1.24 bits per heavy atom. The van der Waals surface area contributed by atoms with Crippen LogP contribution in [0.25, 0.3) is 0 Å². The summed E-state index contributed by atoms with van der Waals surface area (Å²) in [5, 5.41) is 9.56. The molecule has 0 atom stereocenters. The Morgan fingerprint density at radius 2 is 1.76 bits per heavy atom. The van der Waals surface area contributed by atoms with Gasteiger partial charge in [-0.1, -0.05) is 11.6 Å². The minimum absolute atomic E-state index is 0.0491. The van der Waals surface area contributed by atoms with Crippen molar-refractivity contribution >= 4 is 24.3 Å². The molecule has 2 rings (SSSR count). The molecule has 4 nitrogen and oxygen atoms in total. The highest BCUT2D eigenvalue weighted by molar-refractivity contribution is 6.61. The Balaban J connectivity index is 2.29. The summed E-state index contributed by atoms with van der Waals surface area (Å²) in [4.78, 5) is 4.07. The molecule has 0 spiro atoms. The molecule has 0 aromatic carbocycles. The minimum atomic E-state index is -0.557. The summed E-state index contributed by atoms with van der Waals surface area (Å²) in [7, 11) is -0.557. The lowest BCUT2D eigenvalue weighted by Gasteiger charge is -2.32. The Hall–Kier alpha value is -0.775. The number of rotatable bonds is 1. The number of nitrogens with zero attached hydrogens (tertiary/aromatic N) is 1. The van der Waals surface area contributed by atoms with Gasteiger partial charge in [0, 0.05) is 0 Å². The zero-order valence-corrected chi connectivity index (χ0v) is 11.1. The van der Waals surface area contributed by atoms with Crippen molar-refractivity contribution in [2.45, 2.75) is 38.9 Å². The van der Waals surface area contributed by atoms with Crippen molar-refractivity contribution in [1.29, 1.82) is 0 Å². The van der Waals surface area contributed by atoms with Crippen LogP contribution >= 0.6 is 11.6 Å². The second kappa shape index (κ2) is 3.87. The monoisotopic (exact) mass is 255 g/mol. The van der Waals surface area contributed by atoms with Crippen LogP contribution in [0, 0.1) is 0 Å². The van der Waals surface area contributed by atoms with Crippen LogP contribution in [-0.4, -0.2) is 28.4 Å². The SMILES string of the molecule is CC1(C)OB(c2cc(Cl)c(O)cn2)OC1(C)C. The van der Waals surface area contributed by atoms with Crippen LogP contribution in [0.5, 0.6) is 5.75 Å². The third kappa shape index (κ3) is 2.15. The van der Waals surface area contributed by atoms with E-state index in [1.165, 1.54) is 6.20 Å². The van der Waals surface area contributed by atoms with Crippen LogP contribution in [-0.2, 0) is 9.31 Å². The highest BCUT2D eigenvalue weighted by Gasteiger charge is 2.52. The third-order valence-corrected chi connectivity index (χ3v) is 3.65. The van der Waals surface area contributed by atoms with Gasteiger partial charge >= 0.3 is 7.12 Å². The van der Waals surface area contributed by atoms with E-state index in [1.54, 1.807) is 6.07 Å². The van der Waals surface area contributed by atoms with E-state index in [0.29, 0.717) is 5.59 Å². The van der Waals surface area contributed by atoms with E-state index in [1.807, 2.05) is 27.7 Å². The number of aromatic nitrogens is 1. The molecule has 0 amide bonds. The van der Waals surface area contributed by atoms with Crippen molar-refractivity contribution in [3.8, 4) is 5.75 Å². The molecule has 0 aliphatic carbocycles. The fourth-order valence-electron chi connectivity index (χ4n) is 1.53. The average molecular weight is 256 g/mol. The molecule has 0 radical (unpaired) electrons. The molecule has 17 heavy (non-hydrogen) atoms. The lowest BCUT2D eigenvalue weighted by atomic mass is 9.84. The molecule has 0 saturated carbocycles. The standard InChI is InChI=1S/C11H15BClNO3/c1-10(2)11(3,4)17-12(16-10)9-5-7(13)8(15)6-14-9/h5-6,15H,1-4H3.